The van der Waals surface area contributed by atoms with Crippen LogP contribution < -0.4 is 5.32 Å². The summed E-state index contributed by atoms with van der Waals surface area (Å²) in [7, 11) is 1.71. The topological polar surface area (TPSA) is 43.4 Å². The van der Waals surface area contributed by atoms with Crippen molar-refractivity contribution in [2.24, 2.45) is 0 Å². The van der Waals surface area contributed by atoms with E-state index in [0.717, 1.165) is 32.8 Å². The molecule has 1 heterocycles. The summed E-state index contributed by atoms with van der Waals surface area (Å²) in [6.45, 7) is 5.26. The highest BCUT2D eigenvalue weighted by Crippen LogP contribution is 2.09. The van der Waals surface area contributed by atoms with Gasteiger partial charge in [0.2, 0.25) is 0 Å². The zero-order valence-electron chi connectivity index (χ0n) is 10.7. The van der Waals surface area contributed by atoms with Crippen molar-refractivity contribution in [2.75, 3.05) is 33.5 Å². The minimum absolute atomic E-state index is 0.334. The zero-order chi connectivity index (χ0) is 12.3. The molecule has 0 aliphatic carbocycles. The maximum Gasteiger partial charge on any atom is 0.0591 e. The lowest BCUT2D eigenvalue weighted by atomic mass is 10.1. The van der Waals surface area contributed by atoms with E-state index in [-0.39, 0.29) is 0 Å². The van der Waals surface area contributed by atoms with Crippen LogP contribution in [0.1, 0.15) is 24.9 Å². The second-order valence-corrected chi connectivity index (χ2v) is 3.92. The average molecular weight is 238 g/mol. The molecular formula is C13H22N2O2. The van der Waals surface area contributed by atoms with Crippen molar-refractivity contribution in [2.45, 2.75) is 19.4 Å². The van der Waals surface area contributed by atoms with Gasteiger partial charge in [0.15, 0.2) is 0 Å². The molecule has 0 aromatic carbocycles. The van der Waals surface area contributed by atoms with E-state index < -0.39 is 0 Å². The van der Waals surface area contributed by atoms with Crippen molar-refractivity contribution in [1.29, 1.82) is 0 Å². The predicted molar refractivity (Wildman–Crippen MR) is 68.0 cm³/mol. The molecule has 4 nitrogen and oxygen atoms in total. The Morgan fingerprint density at radius 3 is 2.71 bits per heavy atom. The lowest BCUT2D eigenvalue weighted by Crippen LogP contribution is -2.23. The summed E-state index contributed by atoms with van der Waals surface area (Å²) < 4.78 is 10.4. The fraction of sp³-hybridized carbons (Fsp3) is 0.615. The van der Waals surface area contributed by atoms with Crippen LogP contribution >= 0.6 is 0 Å². The monoisotopic (exact) mass is 238 g/mol. The van der Waals surface area contributed by atoms with Crippen LogP contribution in [0.3, 0.4) is 0 Å². The van der Waals surface area contributed by atoms with E-state index in [1.807, 2.05) is 24.5 Å². The molecule has 0 radical (unpaired) electrons. The third-order valence-corrected chi connectivity index (χ3v) is 2.54. The molecule has 0 saturated heterocycles. The van der Waals surface area contributed by atoms with Crippen LogP contribution in [0.5, 0.6) is 0 Å². The Kier molecular flexibility index (Phi) is 7.54. The highest BCUT2D eigenvalue weighted by Gasteiger charge is 2.02. The number of hydrogen-bond acceptors (Lipinski definition) is 4. The first kappa shape index (κ1) is 14.1. The molecule has 1 atom stereocenters. The van der Waals surface area contributed by atoms with E-state index >= 15 is 0 Å². The van der Waals surface area contributed by atoms with Crippen molar-refractivity contribution < 1.29 is 9.47 Å². The van der Waals surface area contributed by atoms with Crippen molar-refractivity contribution >= 4 is 0 Å². The molecule has 1 rings (SSSR count). The van der Waals surface area contributed by atoms with Crippen LogP contribution in [0.2, 0.25) is 0 Å². The molecule has 4 heteroatoms. The van der Waals surface area contributed by atoms with Gasteiger partial charge in [-0.2, -0.15) is 0 Å². The Balaban J connectivity index is 2.03. The van der Waals surface area contributed by atoms with Crippen molar-refractivity contribution in [3.8, 4) is 0 Å². The Hall–Kier alpha value is -0.970. The molecule has 1 unspecified atom stereocenters. The molecule has 0 aliphatic heterocycles. The van der Waals surface area contributed by atoms with Gasteiger partial charge < -0.3 is 14.8 Å². The van der Waals surface area contributed by atoms with Gasteiger partial charge in [-0.15, -0.1) is 0 Å². The molecule has 1 N–H and O–H groups in total. The van der Waals surface area contributed by atoms with E-state index in [0.29, 0.717) is 6.04 Å². The van der Waals surface area contributed by atoms with Crippen LogP contribution in [-0.4, -0.2) is 38.5 Å². The van der Waals surface area contributed by atoms with Crippen molar-refractivity contribution in [3.63, 3.8) is 0 Å². The van der Waals surface area contributed by atoms with Crippen LogP contribution in [0, 0.1) is 0 Å². The molecule has 0 amide bonds. The van der Waals surface area contributed by atoms with Gasteiger partial charge in [-0.3, -0.25) is 4.98 Å². The van der Waals surface area contributed by atoms with Gasteiger partial charge in [0.05, 0.1) is 6.61 Å². The quantitative estimate of drug-likeness (QED) is 0.666. The van der Waals surface area contributed by atoms with E-state index in [2.05, 4.69) is 17.2 Å². The average Bonchev–Trinajstić information content (AvgIpc) is 2.38. The summed E-state index contributed by atoms with van der Waals surface area (Å²) in [5, 5.41) is 3.41. The maximum atomic E-state index is 5.47. The Labute approximate surface area is 103 Å². The first-order valence-electron chi connectivity index (χ1n) is 6.04. The summed E-state index contributed by atoms with van der Waals surface area (Å²) >= 11 is 0. The minimum Gasteiger partial charge on any atom is -0.385 e. The zero-order valence-corrected chi connectivity index (χ0v) is 10.7. The van der Waals surface area contributed by atoms with Crippen molar-refractivity contribution in [1.82, 2.24) is 10.3 Å². The number of ether oxygens (including phenoxy) is 2. The Morgan fingerprint density at radius 1 is 1.24 bits per heavy atom. The fourth-order valence-corrected chi connectivity index (χ4v) is 1.52. The minimum atomic E-state index is 0.334. The summed E-state index contributed by atoms with van der Waals surface area (Å²) in [5.41, 5.74) is 1.25. The van der Waals surface area contributed by atoms with E-state index in [4.69, 9.17) is 9.47 Å². The van der Waals surface area contributed by atoms with Crippen LogP contribution in [0.4, 0.5) is 0 Å². The van der Waals surface area contributed by atoms with Crippen LogP contribution in [-0.2, 0) is 9.47 Å². The van der Waals surface area contributed by atoms with Gasteiger partial charge in [-0.05, 0) is 31.0 Å². The number of hydrogen-bond donors (Lipinski definition) is 1. The first-order chi connectivity index (χ1) is 8.34. The summed E-state index contributed by atoms with van der Waals surface area (Å²) in [4.78, 5) is 4.00. The van der Waals surface area contributed by atoms with Gasteiger partial charge in [-0.1, -0.05) is 0 Å². The lowest BCUT2D eigenvalue weighted by Gasteiger charge is -2.13. The molecule has 1 aromatic heterocycles. The normalized spacial score (nSPS) is 12.6. The van der Waals surface area contributed by atoms with Gasteiger partial charge in [-0.25, -0.2) is 0 Å². The Bertz CT molecular complexity index is 280. The number of nitrogens with zero attached hydrogens (tertiary/aromatic N) is 1. The number of pyridine rings is 1. The van der Waals surface area contributed by atoms with Gasteiger partial charge in [0.25, 0.3) is 0 Å². The fourth-order valence-electron chi connectivity index (χ4n) is 1.52. The SMILES string of the molecule is COCCCOCCNC(C)c1ccncc1. The number of methoxy groups -OCH3 is 1. The highest BCUT2D eigenvalue weighted by atomic mass is 16.5. The molecule has 1 aromatic rings. The number of rotatable bonds is 9. The van der Waals surface area contributed by atoms with E-state index in [1.165, 1.54) is 5.56 Å². The summed E-state index contributed by atoms with van der Waals surface area (Å²) in [6.07, 6.45) is 4.58. The molecule has 0 saturated carbocycles. The van der Waals surface area contributed by atoms with Crippen LogP contribution in [0.15, 0.2) is 24.5 Å². The standard InChI is InChI=1S/C13H22N2O2/c1-12(13-4-6-14-7-5-13)15-8-11-17-10-3-9-16-2/h4-7,12,15H,3,8-11H2,1-2H3. The number of nitrogens with one attached hydrogen (secondary N) is 1. The van der Waals surface area contributed by atoms with Gasteiger partial charge in [0, 0.05) is 45.3 Å². The molecule has 0 aliphatic rings. The molecule has 0 bridgehead atoms. The van der Waals surface area contributed by atoms with Crippen molar-refractivity contribution in [3.05, 3.63) is 30.1 Å². The number of aromatic nitrogens is 1. The Morgan fingerprint density at radius 2 is 2.00 bits per heavy atom. The van der Waals surface area contributed by atoms with Gasteiger partial charge >= 0.3 is 0 Å². The molecule has 96 valence electrons. The van der Waals surface area contributed by atoms with E-state index in [9.17, 15) is 0 Å². The second-order valence-electron chi connectivity index (χ2n) is 3.92. The summed E-state index contributed by atoms with van der Waals surface area (Å²) in [6, 6.07) is 4.38. The third-order valence-electron chi connectivity index (χ3n) is 2.54. The molecule has 0 spiro atoms. The molecular weight excluding hydrogens is 216 g/mol. The maximum absolute atomic E-state index is 5.47. The van der Waals surface area contributed by atoms with Gasteiger partial charge in [0.1, 0.15) is 0 Å². The molecule has 0 fully saturated rings. The third kappa shape index (κ3) is 6.36. The predicted octanol–water partition coefficient (Wildman–Crippen LogP) is 1.79. The first-order valence-corrected chi connectivity index (χ1v) is 6.04. The largest absolute Gasteiger partial charge is 0.385 e. The highest BCUT2D eigenvalue weighted by molar-refractivity contribution is 5.13. The second kappa shape index (κ2) is 9.10. The lowest BCUT2D eigenvalue weighted by molar-refractivity contribution is 0.103. The smallest absolute Gasteiger partial charge is 0.0591 e. The summed E-state index contributed by atoms with van der Waals surface area (Å²) in [5.74, 6) is 0. The molecule has 17 heavy (non-hydrogen) atoms. The van der Waals surface area contributed by atoms with Crippen LogP contribution in [0.25, 0.3) is 0 Å². The van der Waals surface area contributed by atoms with E-state index in [1.54, 1.807) is 7.11 Å².